The van der Waals surface area contributed by atoms with Crippen molar-refractivity contribution in [1.29, 1.82) is 0 Å². The Bertz CT molecular complexity index is 1360. The molecule has 0 bridgehead atoms. The Hall–Kier alpha value is -3.23. The van der Waals surface area contributed by atoms with Crippen molar-refractivity contribution in [2.45, 2.75) is 35.0 Å². The van der Waals surface area contributed by atoms with Gasteiger partial charge < -0.3 is 9.30 Å². The Morgan fingerprint density at radius 1 is 1.03 bits per heavy atom. The number of carbonyl (C=O) groups is 2. The highest BCUT2D eigenvalue weighted by Gasteiger charge is 2.31. The zero-order chi connectivity index (χ0) is 23.7. The van der Waals surface area contributed by atoms with E-state index in [0.29, 0.717) is 13.0 Å². The normalized spacial score (nSPS) is 15.6. The molecule has 1 atom stereocenters. The standard InChI is InChI=1S/C26H23N3O3S2/c1-16-3-9-19(10-4-16)33-20-11-12-21-22(14-20)29(2)24(27-21)15-32-18-7-5-17(6-8-18)13-23-25(30)28-26(31)34-23/h3-12,14,23H,13,15H2,1-2H3,(H,28,30,31). The van der Waals surface area contributed by atoms with Crippen LogP contribution in [0.1, 0.15) is 17.0 Å². The molecule has 2 heterocycles. The summed E-state index contributed by atoms with van der Waals surface area (Å²) in [5.74, 6) is 1.35. The highest BCUT2D eigenvalue weighted by Crippen LogP contribution is 2.30. The molecule has 0 spiro atoms. The van der Waals surface area contributed by atoms with Crippen LogP contribution in [0, 0.1) is 6.92 Å². The number of hydrogen-bond acceptors (Lipinski definition) is 6. The quantitative estimate of drug-likeness (QED) is 0.369. The van der Waals surface area contributed by atoms with Crippen molar-refractivity contribution in [2.24, 2.45) is 7.05 Å². The van der Waals surface area contributed by atoms with Crippen LogP contribution in [0.4, 0.5) is 4.79 Å². The van der Waals surface area contributed by atoms with Crippen LogP contribution in [-0.2, 0) is 24.9 Å². The van der Waals surface area contributed by atoms with E-state index in [1.54, 1.807) is 11.8 Å². The van der Waals surface area contributed by atoms with Crippen molar-refractivity contribution in [1.82, 2.24) is 14.9 Å². The fourth-order valence-electron chi connectivity index (χ4n) is 3.77. The predicted molar refractivity (Wildman–Crippen MR) is 135 cm³/mol. The van der Waals surface area contributed by atoms with E-state index in [1.807, 2.05) is 37.4 Å². The molecule has 3 aromatic carbocycles. The second-order valence-electron chi connectivity index (χ2n) is 8.17. The molecule has 0 radical (unpaired) electrons. The van der Waals surface area contributed by atoms with Gasteiger partial charge in [0.15, 0.2) is 0 Å². The molecule has 1 aliphatic rings. The van der Waals surface area contributed by atoms with Gasteiger partial charge in [0.05, 0.1) is 16.3 Å². The average Bonchev–Trinajstić information content (AvgIpc) is 3.32. The van der Waals surface area contributed by atoms with Crippen LogP contribution in [-0.4, -0.2) is 25.9 Å². The van der Waals surface area contributed by atoms with E-state index in [9.17, 15) is 9.59 Å². The van der Waals surface area contributed by atoms with Crippen LogP contribution in [0.15, 0.2) is 76.5 Å². The number of ether oxygens (including phenoxy) is 1. The first kappa shape index (κ1) is 22.6. The third-order valence-corrected chi connectivity index (χ3v) is 7.66. The first-order chi connectivity index (χ1) is 16.4. The molecule has 0 aliphatic carbocycles. The zero-order valence-electron chi connectivity index (χ0n) is 18.8. The van der Waals surface area contributed by atoms with Gasteiger partial charge in [-0.3, -0.25) is 14.9 Å². The summed E-state index contributed by atoms with van der Waals surface area (Å²) < 4.78 is 8.04. The largest absolute Gasteiger partial charge is 0.486 e. The molecule has 172 valence electrons. The minimum Gasteiger partial charge on any atom is -0.486 e. The SMILES string of the molecule is Cc1ccc(Sc2ccc3nc(COc4ccc(CC5SC(=O)NC5=O)cc4)n(C)c3c2)cc1. The molecule has 4 aromatic rings. The number of imidazole rings is 1. The second-order valence-corrected chi connectivity index (χ2v) is 10.5. The Labute approximate surface area is 206 Å². The van der Waals surface area contributed by atoms with Gasteiger partial charge in [-0.2, -0.15) is 0 Å². The monoisotopic (exact) mass is 489 g/mol. The number of hydrogen-bond donors (Lipinski definition) is 1. The lowest BCUT2D eigenvalue weighted by Crippen LogP contribution is -2.25. The number of nitrogens with one attached hydrogen (secondary N) is 1. The van der Waals surface area contributed by atoms with Gasteiger partial charge in [0.2, 0.25) is 5.91 Å². The molecular weight excluding hydrogens is 466 g/mol. The van der Waals surface area contributed by atoms with Gasteiger partial charge in [-0.15, -0.1) is 0 Å². The molecular formula is C26H23N3O3S2. The number of rotatable bonds is 7. The van der Waals surface area contributed by atoms with E-state index in [2.05, 4.69) is 53.2 Å². The average molecular weight is 490 g/mol. The van der Waals surface area contributed by atoms with Crippen molar-refractivity contribution in [3.63, 3.8) is 0 Å². The highest BCUT2D eigenvalue weighted by atomic mass is 32.2. The number of imide groups is 1. The Balaban J connectivity index is 1.24. The summed E-state index contributed by atoms with van der Waals surface area (Å²) in [6.45, 7) is 2.44. The number of benzene rings is 3. The molecule has 0 saturated carbocycles. The summed E-state index contributed by atoms with van der Waals surface area (Å²) in [4.78, 5) is 30.2. The van der Waals surface area contributed by atoms with Gasteiger partial charge >= 0.3 is 0 Å². The summed E-state index contributed by atoms with van der Waals surface area (Å²) in [5.41, 5.74) is 4.23. The summed E-state index contributed by atoms with van der Waals surface area (Å²) in [6.07, 6.45) is 0.510. The van der Waals surface area contributed by atoms with E-state index < -0.39 is 0 Å². The molecule has 2 amide bonds. The van der Waals surface area contributed by atoms with E-state index in [4.69, 9.17) is 9.72 Å². The maximum atomic E-state index is 11.8. The second kappa shape index (κ2) is 9.56. The lowest BCUT2D eigenvalue weighted by atomic mass is 10.1. The summed E-state index contributed by atoms with van der Waals surface area (Å²) >= 11 is 2.78. The van der Waals surface area contributed by atoms with Crippen LogP contribution < -0.4 is 10.1 Å². The maximum absolute atomic E-state index is 11.8. The van der Waals surface area contributed by atoms with Crippen LogP contribution in [0.2, 0.25) is 0 Å². The third-order valence-electron chi connectivity index (χ3n) is 5.68. The molecule has 6 nitrogen and oxygen atoms in total. The van der Waals surface area contributed by atoms with Gasteiger partial charge in [-0.25, -0.2) is 4.98 Å². The number of aromatic nitrogens is 2. The molecule has 1 fully saturated rings. The minimum atomic E-state index is -0.367. The summed E-state index contributed by atoms with van der Waals surface area (Å²) in [6, 6.07) is 22.4. The van der Waals surface area contributed by atoms with Crippen LogP contribution >= 0.6 is 23.5 Å². The maximum Gasteiger partial charge on any atom is 0.286 e. The van der Waals surface area contributed by atoms with E-state index in [-0.39, 0.29) is 16.4 Å². The Kier molecular flexibility index (Phi) is 6.34. The first-order valence-electron chi connectivity index (χ1n) is 10.9. The van der Waals surface area contributed by atoms with Crippen molar-refractivity contribution < 1.29 is 14.3 Å². The minimum absolute atomic E-state index is 0.224. The smallest absolute Gasteiger partial charge is 0.286 e. The number of aryl methyl sites for hydroxylation is 2. The fraction of sp³-hybridized carbons (Fsp3) is 0.192. The highest BCUT2D eigenvalue weighted by molar-refractivity contribution is 8.15. The predicted octanol–water partition coefficient (Wildman–Crippen LogP) is 5.51. The Morgan fingerprint density at radius 3 is 2.47 bits per heavy atom. The summed E-state index contributed by atoms with van der Waals surface area (Å²) in [5, 5.41) is 1.67. The van der Waals surface area contributed by atoms with Crippen LogP contribution in [0.5, 0.6) is 5.75 Å². The molecule has 1 aromatic heterocycles. The zero-order valence-corrected chi connectivity index (χ0v) is 20.4. The molecule has 5 rings (SSSR count). The number of fused-ring (bicyclic) bond motifs is 1. The van der Waals surface area contributed by atoms with Gasteiger partial charge in [0, 0.05) is 16.8 Å². The van der Waals surface area contributed by atoms with Crippen molar-refractivity contribution in [2.75, 3.05) is 0 Å². The van der Waals surface area contributed by atoms with Crippen molar-refractivity contribution >= 4 is 45.7 Å². The number of carbonyl (C=O) groups excluding carboxylic acids is 2. The lowest BCUT2D eigenvalue weighted by Gasteiger charge is -2.09. The van der Waals surface area contributed by atoms with Crippen molar-refractivity contribution in [3.8, 4) is 5.75 Å². The van der Waals surface area contributed by atoms with Crippen LogP contribution in [0.3, 0.4) is 0 Å². The molecule has 8 heteroatoms. The van der Waals surface area contributed by atoms with Crippen LogP contribution in [0.25, 0.3) is 11.0 Å². The molecule has 1 aliphatic heterocycles. The fourth-order valence-corrected chi connectivity index (χ4v) is 5.48. The lowest BCUT2D eigenvalue weighted by molar-refractivity contribution is -0.118. The number of nitrogens with zero attached hydrogens (tertiary/aromatic N) is 2. The van der Waals surface area contributed by atoms with E-state index >= 15 is 0 Å². The topological polar surface area (TPSA) is 73.2 Å². The van der Waals surface area contributed by atoms with Crippen molar-refractivity contribution in [3.05, 3.63) is 83.7 Å². The van der Waals surface area contributed by atoms with E-state index in [0.717, 1.165) is 39.9 Å². The Morgan fingerprint density at radius 2 is 1.76 bits per heavy atom. The molecule has 1 saturated heterocycles. The number of thioether (sulfide) groups is 1. The summed E-state index contributed by atoms with van der Waals surface area (Å²) in [7, 11) is 2.00. The molecule has 1 unspecified atom stereocenters. The van der Waals surface area contributed by atoms with Gasteiger partial charge in [-0.05, 0) is 61.4 Å². The first-order valence-corrected chi connectivity index (χ1v) is 12.6. The third kappa shape index (κ3) is 4.98. The molecule has 1 N–H and O–H groups in total. The van der Waals surface area contributed by atoms with Gasteiger partial charge in [-0.1, -0.05) is 53.4 Å². The van der Waals surface area contributed by atoms with Gasteiger partial charge in [0.25, 0.3) is 5.24 Å². The number of amides is 2. The van der Waals surface area contributed by atoms with E-state index in [1.165, 1.54) is 15.4 Å². The van der Waals surface area contributed by atoms with Gasteiger partial charge in [0.1, 0.15) is 18.2 Å². The molecule has 34 heavy (non-hydrogen) atoms.